The number of hydrogen-bond donors (Lipinski definition) is 1. The third-order valence-corrected chi connectivity index (χ3v) is 4.34. The van der Waals surface area contributed by atoms with Gasteiger partial charge < -0.3 is 24.4 Å². The highest BCUT2D eigenvalue weighted by atomic mass is 16.7. The van der Waals surface area contributed by atoms with Crippen molar-refractivity contribution in [3.63, 3.8) is 0 Å². The lowest BCUT2D eigenvalue weighted by molar-refractivity contribution is -0.111. The average Bonchev–Trinajstić information content (AvgIpc) is 3.15. The van der Waals surface area contributed by atoms with E-state index in [0.29, 0.717) is 19.0 Å². The number of carbonyl (C=O) groups is 1. The quantitative estimate of drug-likeness (QED) is 0.858. The van der Waals surface area contributed by atoms with Crippen molar-refractivity contribution >= 4 is 23.4 Å². The number of hydrogen-bond acceptors (Lipinski definition) is 5. The summed E-state index contributed by atoms with van der Waals surface area (Å²) in [6.45, 7) is 3.28. The van der Waals surface area contributed by atoms with Crippen LogP contribution in [0.1, 0.15) is 5.56 Å². The Labute approximate surface area is 152 Å². The molecule has 0 aromatic heterocycles. The summed E-state index contributed by atoms with van der Waals surface area (Å²) >= 11 is 0. The van der Waals surface area contributed by atoms with E-state index in [9.17, 15) is 4.79 Å². The highest BCUT2D eigenvalue weighted by Gasteiger charge is 2.15. The topological polar surface area (TPSA) is 60.0 Å². The molecule has 2 aromatic carbocycles. The average molecular weight is 352 g/mol. The number of nitrogens with one attached hydrogen (secondary N) is 1. The molecule has 1 fully saturated rings. The number of anilines is 2. The van der Waals surface area contributed by atoms with E-state index in [1.807, 2.05) is 42.5 Å². The second kappa shape index (κ2) is 7.49. The van der Waals surface area contributed by atoms with Crippen LogP contribution in [0.4, 0.5) is 11.4 Å². The van der Waals surface area contributed by atoms with Crippen molar-refractivity contribution in [1.82, 2.24) is 0 Å². The molecular weight excluding hydrogens is 332 g/mol. The lowest BCUT2D eigenvalue weighted by Gasteiger charge is -2.30. The van der Waals surface area contributed by atoms with Crippen LogP contribution >= 0.6 is 0 Å². The number of carbonyl (C=O) groups excluding carboxylic acids is 1. The highest BCUT2D eigenvalue weighted by molar-refractivity contribution is 6.03. The molecule has 0 saturated carbocycles. The molecule has 2 aliphatic heterocycles. The van der Waals surface area contributed by atoms with Gasteiger partial charge in [-0.25, -0.2) is 0 Å². The fourth-order valence-corrected chi connectivity index (χ4v) is 3.02. The lowest BCUT2D eigenvalue weighted by atomic mass is 10.2. The molecule has 134 valence electrons. The number of nitrogens with zero attached hydrogens (tertiary/aromatic N) is 1. The highest BCUT2D eigenvalue weighted by Crippen LogP contribution is 2.33. The van der Waals surface area contributed by atoms with Gasteiger partial charge in [-0.3, -0.25) is 4.79 Å². The molecule has 1 saturated heterocycles. The van der Waals surface area contributed by atoms with Crippen LogP contribution in [0.3, 0.4) is 0 Å². The SMILES string of the molecule is O=C(/C=C/c1ccc2c(c1)OCO2)Nc1ccccc1N1CCOCC1. The zero-order chi connectivity index (χ0) is 17.8. The van der Waals surface area contributed by atoms with Gasteiger partial charge in [0.1, 0.15) is 0 Å². The summed E-state index contributed by atoms with van der Waals surface area (Å²) in [5.74, 6) is 1.25. The standard InChI is InChI=1S/C20H20N2O4/c23-20(8-6-15-5-7-18-19(13-15)26-14-25-18)21-16-3-1-2-4-17(16)22-9-11-24-12-10-22/h1-8,13H,9-12,14H2,(H,21,23)/b8-6+. The van der Waals surface area contributed by atoms with Gasteiger partial charge in [0.05, 0.1) is 24.6 Å². The minimum atomic E-state index is -0.177. The van der Waals surface area contributed by atoms with Crippen LogP contribution < -0.4 is 19.7 Å². The number of ether oxygens (including phenoxy) is 3. The molecule has 1 N–H and O–H groups in total. The molecule has 1 amide bonds. The van der Waals surface area contributed by atoms with Crippen LogP contribution in [0.15, 0.2) is 48.5 Å². The van der Waals surface area contributed by atoms with E-state index in [0.717, 1.165) is 35.8 Å². The van der Waals surface area contributed by atoms with E-state index in [-0.39, 0.29) is 12.7 Å². The number of rotatable bonds is 4. The Kier molecular flexibility index (Phi) is 4.75. The molecule has 6 nitrogen and oxygen atoms in total. The Morgan fingerprint density at radius 3 is 2.73 bits per heavy atom. The predicted octanol–water partition coefficient (Wildman–Crippen LogP) is 2.90. The summed E-state index contributed by atoms with van der Waals surface area (Å²) in [5.41, 5.74) is 2.70. The van der Waals surface area contributed by atoms with Gasteiger partial charge in [-0.2, -0.15) is 0 Å². The molecule has 2 aliphatic rings. The number of morpholine rings is 1. The molecule has 0 radical (unpaired) electrons. The maximum atomic E-state index is 12.4. The van der Waals surface area contributed by atoms with Crippen molar-refractivity contribution in [3.05, 3.63) is 54.1 Å². The second-order valence-electron chi connectivity index (χ2n) is 6.05. The number of fused-ring (bicyclic) bond motifs is 1. The normalized spacial score (nSPS) is 16.1. The van der Waals surface area contributed by atoms with Gasteiger partial charge in [0.2, 0.25) is 12.7 Å². The van der Waals surface area contributed by atoms with Gasteiger partial charge in [0, 0.05) is 19.2 Å². The first kappa shape index (κ1) is 16.5. The minimum absolute atomic E-state index is 0.177. The van der Waals surface area contributed by atoms with Crippen LogP contribution in [0, 0.1) is 0 Å². The zero-order valence-corrected chi connectivity index (χ0v) is 14.3. The molecule has 0 aliphatic carbocycles. The van der Waals surface area contributed by atoms with Gasteiger partial charge in [-0.15, -0.1) is 0 Å². The number of amides is 1. The molecule has 0 spiro atoms. The van der Waals surface area contributed by atoms with Crippen molar-refractivity contribution in [1.29, 1.82) is 0 Å². The van der Waals surface area contributed by atoms with Crippen LogP contribution in [0.5, 0.6) is 11.5 Å². The Morgan fingerprint density at radius 1 is 1.04 bits per heavy atom. The molecule has 2 aromatic rings. The van der Waals surface area contributed by atoms with Gasteiger partial charge in [0.15, 0.2) is 11.5 Å². The molecule has 6 heteroatoms. The monoisotopic (exact) mass is 352 g/mol. The minimum Gasteiger partial charge on any atom is -0.454 e. The summed E-state index contributed by atoms with van der Waals surface area (Å²) < 4.78 is 16.0. The van der Waals surface area contributed by atoms with Crippen molar-refractivity contribution in [3.8, 4) is 11.5 Å². The first-order valence-electron chi connectivity index (χ1n) is 8.60. The van der Waals surface area contributed by atoms with Crippen molar-refractivity contribution in [2.75, 3.05) is 43.3 Å². The third kappa shape index (κ3) is 3.65. The third-order valence-electron chi connectivity index (χ3n) is 4.34. The molecule has 0 bridgehead atoms. The van der Waals surface area contributed by atoms with Gasteiger partial charge in [0.25, 0.3) is 0 Å². The Balaban J connectivity index is 1.45. The molecule has 2 heterocycles. The summed E-state index contributed by atoms with van der Waals surface area (Å²) in [6, 6.07) is 13.4. The van der Waals surface area contributed by atoms with Crippen LogP contribution in [-0.4, -0.2) is 39.0 Å². The number of para-hydroxylation sites is 2. The molecule has 26 heavy (non-hydrogen) atoms. The largest absolute Gasteiger partial charge is 0.454 e. The molecule has 0 atom stereocenters. The van der Waals surface area contributed by atoms with E-state index in [1.54, 1.807) is 6.08 Å². The lowest BCUT2D eigenvalue weighted by Crippen LogP contribution is -2.36. The number of benzene rings is 2. The molecule has 4 rings (SSSR count). The summed E-state index contributed by atoms with van der Waals surface area (Å²) in [5, 5.41) is 2.97. The first-order chi connectivity index (χ1) is 12.8. The maximum absolute atomic E-state index is 12.4. The van der Waals surface area contributed by atoms with Gasteiger partial charge in [-0.05, 0) is 35.9 Å². The van der Waals surface area contributed by atoms with Crippen molar-refractivity contribution < 1.29 is 19.0 Å². The van der Waals surface area contributed by atoms with E-state index in [1.165, 1.54) is 6.08 Å². The van der Waals surface area contributed by atoms with Crippen molar-refractivity contribution in [2.24, 2.45) is 0 Å². The Morgan fingerprint density at radius 2 is 1.85 bits per heavy atom. The van der Waals surface area contributed by atoms with Crippen LogP contribution in [0.25, 0.3) is 6.08 Å². The molecule has 0 unspecified atom stereocenters. The predicted molar refractivity (Wildman–Crippen MR) is 99.7 cm³/mol. The first-order valence-corrected chi connectivity index (χ1v) is 8.60. The van der Waals surface area contributed by atoms with E-state index in [2.05, 4.69) is 10.2 Å². The smallest absolute Gasteiger partial charge is 0.248 e. The van der Waals surface area contributed by atoms with Crippen LogP contribution in [-0.2, 0) is 9.53 Å². The zero-order valence-electron chi connectivity index (χ0n) is 14.3. The van der Waals surface area contributed by atoms with Gasteiger partial charge >= 0.3 is 0 Å². The van der Waals surface area contributed by atoms with Crippen molar-refractivity contribution in [2.45, 2.75) is 0 Å². The van der Waals surface area contributed by atoms with E-state index in [4.69, 9.17) is 14.2 Å². The Hall–Kier alpha value is -2.99. The fraction of sp³-hybridized carbons (Fsp3) is 0.250. The summed E-state index contributed by atoms with van der Waals surface area (Å²) in [6.07, 6.45) is 3.28. The fourth-order valence-electron chi connectivity index (χ4n) is 3.02. The van der Waals surface area contributed by atoms with Gasteiger partial charge in [-0.1, -0.05) is 18.2 Å². The molecular formula is C20H20N2O4. The van der Waals surface area contributed by atoms with Crippen LogP contribution in [0.2, 0.25) is 0 Å². The summed E-state index contributed by atoms with van der Waals surface area (Å²) in [4.78, 5) is 14.6. The maximum Gasteiger partial charge on any atom is 0.248 e. The van der Waals surface area contributed by atoms with E-state index >= 15 is 0 Å². The summed E-state index contributed by atoms with van der Waals surface area (Å²) in [7, 11) is 0. The Bertz CT molecular complexity index is 828. The van der Waals surface area contributed by atoms with E-state index < -0.39 is 0 Å². The second-order valence-corrected chi connectivity index (χ2v) is 6.05.